The highest BCUT2D eigenvalue weighted by atomic mass is 16.1. The quantitative estimate of drug-likeness (QED) is 0.898. The van der Waals surface area contributed by atoms with Crippen molar-refractivity contribution in [2.24, 2.45) is 0 Å². The van der Waals surface area contributed by atoms with Crippen LogP contribution in [0.5, 0.6) is 0 Å². The number of likely N-dealkylation sites (N-methyl/N-ethyl adjacent to an activating group) is 1. The molecule has 0 bridgehead atoms. The van der Waals surface area contributed by atoms with Gasteiger partial charge in [-0.25, -0.2) is 0 Å². The molecule has 0 aliphatic carbocycles. The van der Waals surface area contributed by atoms with Crippen molar-refractivity contribution in [2.45, 2.75) is 32.7 Å². The van der Waals surface area contributed by atoms with Crippen molar-refractivity contribution in [3.63, 3.8) is 0 Å². The molecule has 0 saturated carbocycles. The maximum Gasteiger partial charge on any atom is 0.251 e. The van der Waals surface area contributed by atoms with Crippen LogP contribution in [0.2, 0.25) is 0 Å². The van der Waals surface area contributed by atoms with Crippen LogP contribution >= 0.6 is 0 Å². The van der Waals surface area contributed by atoms with Crippen molar-refractivity contribution in [1.82, 2.24) is 10.2 Å². The van der Waals surface area contributed by atoms with Crippen molar-refractivity contribution in [3.05, 3.63) is 65.2 Å². The van der Waals surface area contributed by atoms with E-state index in [0.29, 0.717) is 12.1 Å². The van der Waals surface area contributed by atoms with Gasteiger partial charge in [-0.15, -0.1) is 0 Å². The Labute approximate surface area is 163 Å². The molecule has 0 aromatic heterocycles. The minimum Gasteiger partial charge on any atom is -0.369 e. The number of amides is 1. The van der Waals surface area contributed by atoms with Crippen LogP contribution in [0.1, 0.15) is 42.3 Å². The molecule has 0 atom stereocenters. The monoisotopic (exact) mass is 365 g/mol. The summed E-state index contributed by atoms with van der Waals surface area (Å²) in [6.45, 7) is 11.3. The second kappa shape index (κ2) is 8.13. The largest absolute Gasteiger partial charge is 0.369 e. The second-order valence-electron chi connectivity index (χ2n) is 8.43. The summed E-state index contributed by atoms with van der Waals surface area (Å²) in [5, 5.41) is 3.09. The molecule has 144 valence electrons. The van der Waals surface area contributed by atoms with E-state index < -0.39 is 0 Å². The van der Waals surface area contributed by atoms with Gasteiger partial charge >= 0.3 is 0 Å². The van der Waals surface area contributed by atoms with Crippen molar-refractivity contribution >= 4 is 11.6 Å². The third-order valence-corrected chi connectivity index (χ3v) is 5.29. The number of hydrogen-bond acceptors (Lipinski definition) is 3. The molecule has 4 heteroatoms. The topological polar surface area (TPSA) is 35.6 Å². The number of hydrogen-bond donors (Lipinski definition) is 1. The smallest absolute Gasteiger partial charge is 0.251 e. The van der Waals surface area contributed by atoms with Gasteiger partial charge in [0.2, 0.25) is 0 Å². The zero-order valence-corrected chi connectivity index (χ0v) is 17.0. The lowest BCUT2D eigenvalue weighted by Gasteiger charge is -2.35. The van der Waals surface area contributed by atoms with Crippen LogP contribution in [0.4, 0.5) is 5.69 Å². The average Bonchev–Trinajstić information content (AvgIpc) is 2.66. The molecule has 1 aliphatic heterocycles. The molecular formula is C23H31N3O. The summed E-state index contributed by atoms with van der Waals surface area (Å²) in [6, 6.07) is 16.3. The Kier molecular flexibility index (Phi) is 5.85. The van der Waals surface area contributed by atoms with E-state index >= 15 is 0 Å². The zero-order valence-electron chi connectivity index (χ0n) is 17.0. The molecule has 1 aliphatic rings. The van der Waals surface area contributed by atoms with E-state index in [1.807, 2.05) is 30.3 Å². The van der Waals surface area contributed by atoms with E-state index in [-0.39, 0.29) is 11.3 Å². The average molecular weight is 366 g/mol. The molecule has 1 amide bonds. The number of anilines is 1. The Hall–Kier alpha value is -2.33. The van der Waals surface area contributed by atoms with Gasteiger partial charge in [0.25, 0.3) is 5.91 Å². The Morgan fingerprint density at radius 3 is 2.22 bits per heavy atom. The molecular weight excluding hydrogens is 334 g/mol. The standard InChI is InChI=1S/C23H31N3O/c1-23(2,3)20-11-9-18(10-12-20)22(27)24-17-19-7-5-6-8-21(19)26-15-13-25(4)14-16-26/h5-12H,13-17H2,1-4H3,(H,24,27). The van der Waals surface area contributed by atoms with Crippen LogP contribution in [-0.2, 0) is 12.0 Å². The molecule has 0 spiro atoms. The van der Waals surface area contributed by atoms with Crippen molar-refractivity contribution in [1.29, 1.82) is 0 Å². The molecule has 1 heterocycles. The van der Waals surface area contributed by atoms with Gasteiger partial charge < -0.3 is 15.1 Å². The number of carbonyl (C=O) groups is 1. The lowest BCUT2D eigenvalue weighted by Crippen LogP contribution is -2.45. The van der Waals surface area contributed by atoms with Crippen molar-refractivity contribution < 1.29 is 4.79 Å². The van der Waals surface area contributed by atoms with Gasteiger partial charge in [-0.2, -0.15) is 0 Å². The molecule has 27 heavy (non-hydrogen) atoms. The van der Waals surface area contributed by atoms with Gasteiger partial charge in [-0.1, -0.05) is 51.1 Å². The number of benzene rings is 2. The highest BCUT2D eigenvalue weighted by Gasteiger charge is 2.17. The van der Waals surface area contributed by atoms with Crippen LogP contribution in [0.15, 0.2) is 48.5 Å². The van der Waals surface area contributed by atoms with Crippen LogP contribution in [0.3, 0.4) is 0 Å². The minimum atomic E-state index is -0.0244. The van der Waals surface area contributed by atoms with Gasteiger partial charge in [0.05, 0.1) is 0 Å². The first-order valence-electron chi connectivity index (χ1n) is 9.75. The first-order chi connectivity index (χ1) is 12.8. The lowest BCUT2D eigenvalue weighted by molar-refractivity contribution is 0.0951. The highest BCUT2D eigenvalue weighted by molar-refractivity contribution is 5.94. The summed E-state index contributed by atoms with van der Waals surface area (Å²) in [7, 11) is 2.16. The number of piperazine rings is 1. The van der Waals surface area contributed by atoms with Gasteiger partial charge in [0.1, 0.15) is 0 Å². The summed E-state index contributed by atoms with van der Waals surface area (Å²) in [4.78, 5) is 17.3. The maximum absolute atomic E-state index is 12.6. The van der Waals surface area contributed by atoms with E-state index in [9.17, 15) is 4.79 Å². The van der Waals surface area contributed by atoms with Gasteiger partial charge in [0.15, 0.2) is 0 Å². The number of nitrogens with zero attached hydrogens (tertiary/aromatic N) is 2. The van der Waals surface area contributed by atoms with Crippen LogP contribution in [0.25, 0.3) is 0 Å². The molecule has 2 aromatic carbocycles. The number of nitrogens with one attached hydrogen (secondary N) is 1. The van der Waals surface area contributed by atoms with Crippen LogP contribution in [0, 0.1) is 0 Å². The molecule has 1 N–H and O–H groups in total. The summed E-state index contributed by atoms with van der Waals surface area (Å²) in [6.07, 6.45) is 0. The first-order valence-corrected chi connectivity index (χ1v) is 9.75. The lowest BCUT2D eigenvalue weighted by atomic mass is 9.87. The fourth-order valence-electron chi connectivity index (χ4n) is 3.42. The predicted molar refractivity (Wildman–Crippen MR) is 112 cm³/mol. The molecule has 1 saturated heterocycles. The minimum absolute atomic E-state index is 0.0244. The predicted octanol–water partition coefficient (Wildman–Crippen LogP) is 3.67. The van der Waals surface area contributed by atoms with E-state index in [1.54, 1.807) is 0 Å². The Balaban J connectivity index is 1.65. The summed E-state index contributed by atoms with van der Waals surface area (Å²) < 4.78 is 0. The fourth-order valence-corrected chi connectivity index (χ4v) is 3.42. The van der Waals surface area contributed by atoms with E-state index in [4.69, 9.17) is 0 Å². The molecule has 0 unspecified atom stereocenters. The molecule has 2 aromatic rings. The van der Waals surface area contributed by atoms with E-state index in [1.165, 1.54) is 16.8 Å². The third kappa shape index (κ3) is 4.89. The number of rotatable bonds is 4. The van der Waals surface area contributed by atoms with E-state index in [0.717, 1.165) is 26.2 Å². The third-order valence-electron chi connectivity index (χ3n) is 5.29. The molecule has 0 radical (unpaired) electrons. The number of para-hydroxylation sites is 1. The maximum atomic E-state index is 12.6. The fraction of sp³-hybridized carbons (Fsp3) is 0.435. The van der Waals surface area contributed by atoms with Crippen LogP contribution < -0.4 is 10.2 Å². The van der Waals surface area contributed by atoms with Crippen molar-refractivity contribution in [3.8, 4) is 0 Å². The van der Waals surface area contributed by atoms with Crippen LogP contribution in [-0.4, -0.2) is 44.0 Å². The highest BCUT2D eigenvalue weighted by Crippen LogP contribution is 2.23. The van der Waals surface area contributed by atoms with Crippen molar-refractivity contribution in [2.75, 3.05) is 38.1 Å². The SMILES string of the molecule is CN1CCN(c2ccccc2CNC(=O)c2ccc(C(C)(C)C)cc2)CC1. The van der Waals surface area contributed by atoms with Gasteiger partial charge in [-0.05, 0) is 41.8 Å². The summed E-state index contributed by atoms with van der Waals surface area (Å²) in [5.74, 6) is -0.0244. The summed E-state index contributed by atoms with van der Waals surface area (Å²) in [5.41, 5.74) is 4.44. The van der Waals surface area contributed by atoms with Gasteiger partial charge in [-0.3, -0.25) is 4.79 Å². The molecule has 1 fully saturated rings. The zero-order chi connectivity index (χ0) is 19.4. The van der Waals surface area contributed by atoms with Gasteiger partial charge in [0, 0.05) is 44.0 Å². The normalized spacial score (nSPS) is 15.6. The van der Waals surface area contributed by atoms with E-state index in [2.05, 4.69) is 61.1 Å². The second-order valence-corrected chi connectivity index (χ2v) is 8.43. The molecule has 4 nitrogen and oxygen atoms in total. The Morgan fingerprint density at radius 2 is 1.59 bits per heavy atom. The first kappa shape index (κ1) is 19.4. The Bertz CT molecular complexity index is 769. The summed E-state index contributed by atoms with van der Waals surface area (Å²) >= 11 is 0. The molecule has 3 rings (SSSR count). The number of carbonyl (C=O) groups excluding carboxylic acids is 1. The Morgan fingerprint density at radius 1 is 0.963 bits per heavy atom.